The van der Waals surface area contributed by atoms with Crippen LogP contribution in [-0.2, 0) is 13.2 Å². The maximum Gasteiger partial charge on any atom is 0.140 e. The summed E-state index contributed by atoms with van der Waals surface area (Å²) in [4.78, 5) is 0. The Balaban J connectivity index is 1.81. The summed E-state index contributed by atoms with van der Waals surface area (Å²) >= 11 is 6.00. The lowest BCUT2D eigenvalue weighted by Crippen LogP contribution is -2.07. The minimum atomic E-state index is -0.445. The number of aliphatic hydroxyl groups is 1. The Kier molecular flexibility index (Phi) is 6.88. The minimum absolute atomic E-state index is 0.0305. The topological polar surface area (TPSA) is 121 Å². The monoisotopic (exact) mass is 437 g/mol. The predicted octanol–water partition coefficient (Wildman–Crippen LogP) is 3.76. The van der Waals surface area contributed by atoms with E-state index in [2.05, 4.69) is 5.10 Å². The van der Waals surface area contributed by atoms with Crippen molar-refractivity contribution >= 4 is 29.1 Å². The third-order valence-electron chi connectivity index (χ3n) is 4.43. The summed E-state index contributed by atoms with van der Waals surface area (Å²) in [7, 11) is 0. The van der Waals surface area contributed by atoms with Gasteiger partial charge in [-0.15, -0.1) is 0 Å². The molecule has 3 rings (SSSR count). The summed E-state index contributed by atoms with van der Waals surface area (Å²) in [6, 6.07) is 15.1. The third kappa shape index (κ3) is 4.84. The predicted molar refractivity (Wildman–Crippen MR) is 114 cm³/mol. The fourth-order valence-electron chi connectivity index (χ4n) is 2.85. The molecule has 31 heavy (non-hydrogen) atoms. The average molecular weight is 438 g/mol. The SMILES string of the molecule is N#C/C(=C/c1ccc(OCc2c(F)cccc2Cl)cc1)c1nn(CCO)c(N)c1C#N. The van der Waals surface area contributed by atoms with Crippen LogP contribution in [0.3, 0.4) is 0 Å². The Bertz CT molecular complexity index is 1190. The zero-order valence-electron chi connectivity index (χ0n) is 16.2. The lowest BCUT2D eigenvalue weighted by atomic mass is 10.1. The van der Waals surface area contributed by atoms with Gasteiger partial charge in [0.25, 0.3) is 0 Å². The van der Waals surface area contributed by atoms with Crippen LogP contribution in [0, 0.1) is 28.5 Å². The molecule has 3 aromatic rings. The summed E-state index contributed by atoms with van der Waals surface area (Å²) in [5.74, 6) is 0.131. The Morgan fingerprint density at radius 2 is 2.00 bits per heavy atom. The van der Waals surface area contributed by atoms with Gasteiger partial charge in [0, 0.05) is 5.56 Å². The molecule has 0 spiro atoms. The van der Waals surface area contributed by atoms with Crippen LogP contribution >= 0.6 is 11.6 Å². The summed E-state index contributed by atoms with van der Waals surface area (Å²) < 4.78 is 20.7. The first kappa shape index (κ1) is 21.8. The summed E-state index contributed by atoms with van der Waals surface area (Å²) in [6.45, 7) is -0.129. The van der Waals surface area contributed by atoms with Crippen molar-refractivity contribution in [3.8, 4) is 17.9 Å². The van der Waals surface area contributed by atoms with E-state index in [9.17, 15) is 14.9 Å². The highest BCUT2D eigenvalue weighted by Gasteiger charge is 2.18. The molecule has 156 valence electrons. The molecule has 1 heterocycles. The van der Waals surface area contributed by atoms with Crippen molar-refractivity contribution in [3.63, 3.8) is 0 Å². The number of aliphatic hydroxyl groups excluding tert-OH is 1. The number of allylic oxidation sites excluding steroid dienone is 1. The van der Waals surface area contributed by atoms with Gasteiger partial charge in [0.05, 0.1) is 23.7 Å². The van der Waals surface area contributed by atoms with Crippen LogP contribution in [0.15, 0.2) is 42.5 Å². The van der Waals surface area contributed by atoms with Gasteiger partial charge in [-0.2, -0.15) is 15.6 Å². The summed E-state index contributed by atoms with van der Waals surface area (Å²) in [5, 5.41) is 32.5. The number of hydrogen-bond acceptors (Lipinski definition) is 6. The van der Waals surface area contributed by atoms with Crippen molar-refractivity contribution in [2.75, 3.05) is 12.3 Å². The van der Waals surface area contributed by atoms with Crippen LogP contribution in [0.4, 0.5) is 10.2 Å². The Morgan fingerprint density at radius 3 is 2.61 bits per heavy atom. The van der Waals surface area contributed by atoms with Gasteiger partial charge in [-0.05, 0) is 35.9 Å². The van der Waals surface area contributed by atoms with Gasteiger partial charge in [-0.25, -0.2) is 9.07 Å². The number of nitrogen functional groups attached to an aromatic ring is 1. The number of nitrogens with two attached hydrogens (primary N) is 1. The second-order valence-electron chi connectivity index (χ2n) is 6.40. The molecule has 0 amide bonds. The van der Waals surface area contributed by atoms with Gasteiger partial charge in [-0.3, -0.25) is 0 Å². The molecule has 7 nitrogen and oxygen atoms in total. The molecule has 0 aliphatic carbocycles. The van der Waals surface area contributed by atoms with Gasteiger partial charge < -0.3 is 15.6 Å². The van der Waals surface area contributed by atoms with Gasteiger partial charge in [0.2, 0.25) is 0 Å². The second kappa shape index (κ2) is 9.77. The van der Waals surface area contributed by atoms with Crippen molar-refractivity contribution in [3.05, 3.63) is 75.7 Å². The quantitative estimate of drug-likeness (QED) is 0.543. The Labute approximate surface area is 183 Å². The maximum absolute atomic E-state index is 13.8. The van der Waals surface area contributed by atoms with Crippen LogP contribution in [0.1, 0.15) is 22.4 Å². The third-order valence-corrected chi connectivity index (χ3v) is 4.78. The lowest BCUT2D eigenvalue weighted by Gasteiger charge is -2.09. The van der Waals surface area contributed by atoms with Crippen LogP contribution in [0.5, 0.6) is 5.75 Å². The van der Waals surface area contributed by atoms with Gasteiger partial charge >= 0.3 is 0 Å². The van der Waals surface area contributed by atoms with Crippen LogP contribution in [0.25, 0.3) is 11.6 Å². The molecule has 2 aromatic carbocycles. The maximum atomic E-state index is 13.8. The van der Waals surface area contributed by atoms with E-state index in [-0.39, 0.29) is 53.0 Å². The number of aromatic nitrogens is 2. The van der Waals surface area contributed by atoms with E-state index in [1.165, 1.54) is 16.8 Å². The fourth-order valence-corrected chi connectivity index (χ4v) is 3.06. The fraction of sp³-hybridized carbons (Fsp3) is 0.136. The highest BCUT2D eigenvalue weighted by Crippen LogP contribution is 2.26. The standard InChI is InChI=1S/C22H17ClFN5O2/c23-19-2-1-3-20(24)18(19)13-31-16-6-4-14(5-7-16)10-15(11-25)21-17(12-26)22(27)29(28-21)8-9-30/h1-7,10,30H,8-9,13,27H2/b15-10-. The van der Waals surface area contributed by atoms with E-state index in [0.717, 1.165) is 0 Å². The van der Waals surface area contributed by atoms with E-state index in [4.69, 9.17) is 27.2 Å². The van der Waals surface area contributed by atoms with Crippen LogP contribution in [-0.4, -0.2) is 21.5 Å². The molecule has 0 bridgehead atoms. The molecule has 0 aliphatic rings. The largest absolute Gasteiger partial charge is 0.489 e. The van der Waals surface area contributed by atoms with E-state index >= 15 is 0 Å². The van der Waals surface area contributed by atoms with Crippen LogP contribution in [0.2, 0.25) is 5.02 Å². The molecule has 0 saturated heterocycles. The summed E-state index contributed by atoms with van der Waals surface area (Å²) in [6.07, 6.45) is 1.56. The molecular weight excluding hydrogens is 421 g/mol. The molecule has 0 aliphatic heterocycles. The number of hydrogen-bond donors (Lipinski definition) is 2. The average Bonchev–Trinajstić information content (AvgIpc) is 3.08. The normalized spacial score (nSPS) is 11.1. The molecule has 0 atom stereocenters. The van der Waals surface area contributed by atoms with Crippen molar-refractivity contribution in [2.24, 2.45) is 0 Å². The number of halogens is 2. The number of anilines is 1. The van der Waals surface area contributed by atoms with E-state index in [0.29, 0.717) is 11.3 Å². The molecule has 0 unspecified atom stereocenters. The minimum Gasteiger partial charge on any atom is -0.489 e. The molecule has 0 radical (unpaired) electrons. The molecular formula is C22H17ClFN5O2. The lowest BCUT2D eigenvalue weighted by molar-refractivity contribution is 0.270. The number of ether oxygens (including phenoxy) is 1. The van der Waals surface area contributed by atoms with Gasteiger partial charge in [0.1, 0.15) is 47.4 Å². The zero-order chi connectivity index (χ0) is 22.4. The molecule has 3 N–H and O–H groups in total. The smallest absolute Gasteiger partial charge is 0.140 e. The van der Waals surface area contributed by atoms with Crippen LogP contribution < -0.4 is 10.5 Å². The molecule has 1 aromatic heterocycles. The number of nitrogens with zero attached hydrogens (tertiary/aromatic N) is 4. The highest BCUT2D eigenvalue weighted by atomic mass is 35.5. The first-order valence-electron chi connectivity index (χ1n) is 9.13. The van der Waals surface area contributed by atoms with Crippen molar-refractivity contribution < 1.29 is 14.2 Å². The Hall–Kier alpha value is -3.85. The van der Waals surface area contributed by atoms with Crippen molar-refractivity contribution in [2.45, 2.75) is 13.2 Å². The van der Waals surface area contributed by atoms with Crippen molar-refractivity contribution in [1.82, 2.24) is 9.78 Å². The molecule has 9 heteroatoms. The van der Waals surface area contributed by atoms with Crippen molar-refractivity contribution in [1.29, 1.82) is 10.5 Å². The number of rotatable bonds is 7. The zero-order valence-corrected chi connectivity index (χ0v) is 17.0. The second-order valence-corrected chi connectivity index (χ2v) is 6.80. The first-order chi connectivity index (χ1) is 15.0. The summed E-state index contributed by atoms with van der Waals surface area (Å²) in [5.41, 5.74) is 7.17. The number of nitriles is 2. The van der Waals surface area contributed by atoms with Gasteiger partial charge in [-0.1, -0.05) is 29.8 Å². The van der Waals surface area contributed by atoms with E-state index in [1.54, 1.807) is 36.4 Å². The first-order valence-corrected chi connectivity index (χ1v) is 9.51. The number of benzene rings is 2. The van der Waals surface area contributed by atoms with E-state index < -0.39 is 5.82 Å². The van der Waals surface area contributed by atoms with E-state index in [1.807, 2.05) is 12.1 Å². The highest BCUT2D eigenvalue weighted by molar-refractivity contribution is 6.31. The van der Waals surface area contributed by atoms with Gasteiger partial charge in [0.15, 0.2) is 0 Å². The molecule has 0 saturated carbocycles. The molecule has 0 fully saturated rings. The Morgan fingerprint density at radius 1 is 1.26 bits per heavy atom.